The molecule has 5 aromatic rings. The van der Waals surface area contributed by atoms with E-state index >= 15 is 0 Å². The van der Waals surface area contributed by atoms with E-state index in [-0.39, 0.29) is 5.56 Å². The molecular weight excluding hydrogens is 404 g/mol. The smallest absolute Gasteiger partial charge is 0.263 e. The Bertz CT molecular complexity index is 1440. The van der Waals surface area contributed by atoms with Crippen LogP contribution in [0.2, 0.25) is 0 Å². The zero-order valence-corrected chi connectivity index (χ0v) is 17.6. The first-order valence-corrected chi connectivity index (χ1v) is 11.0. The van der Waals surface area contributed by atoms with Gasteiger partial charge in [0.25, 0.3) is 5.56 Å². The molecule has 2 heterocycles. The van der Waals surface area contributed by atoms with Crippen LogP contribution < -0.4 is 5.56 Å². The number of allylic oxidation sites excluding steroid dienone is 1. The Morgan fingerprint density at radius 2 is 1.58 bits per heavy atom. The Kier molecular flexibility index (Phi) is 5.14. The van der Waals surface area contributed by atoms with Gasteiger partial charge in [0.05, 0.1) is 10.9 Å². The van der Waals surface area contributed by atoms with Gasteiger partial charge in [-0.1, -0.05) is 84.6 Å². The molecule has 0 fully saturated rings. The van der Waals surface area contributed by atoms with Crippen molar-refractivity contribution in [2.24, 2.45) is 0 Å². The molecule has 0 spiro atoms. The van der Waals surface area contributed by atoms with Gasteiger partial charge in [-0.15, -0.1) is 16.8 Å². The van der Waals surface area contributed by atoms with Crippen LogP contribution in [0.4, 0.5) is 0 Å². The first-order valence-electron chi connectivity index (χ1n) is 10.0. The lowest BCUT2D eigenvalue weighted by atomic mass is 10.0. The summed E-state index contributed by atoms with van der Waals surface area (Å²) in [6.45, 7) is 4.16. The van der Waals surface area contributed by atoms with Crippen LogP contribution in [0.5, 0.6) is 0 Å². The Hall–Kier alpha value is -3.64. The molecule has 0 radical (unpaired) electrons. The molecule has 0 bridgehead atoms. The fourth-order valence-corrected chi connectivity index (χ4v) is 4.59. The number of hydrogen-bond donors (Lipinski definition) is 0. The topological polar surface area (TPSA) is 52.2 Å². The van der Waals surface area contributed by atoms with Crippen molar-refractivity contribution in [1.29, 1.82) is 0 Å². The summed E-state index contributed by atoms with van der Waals surface area (Å²) in [7, 11) is 0. The average Bonchev–Trinajstić information content (AvgIpc) is 3.25. The highest BCUT2D eigenvalue weighted by molar-refractivity contribution is 7.98. The summed E-state index contributed by atoms with van der Waals surface area (Å²) >= 11 is 1.61. The number of fused-ring (bicyclic) bond motifs is 3. The van der Waals surface area contributed by atoms with Crippen LogP contribution in [-0.2, 0) is 12.3 Å². The van der Waals surface area contributed by atoms with E-state index in [1.54, 1.807) is 22.4 Å². The van der Waals surface area contributed by atoms with E-state index in [4.69, 9.17) is 0 Å². The highest BCUT2D eigenvalue weighted by Crippen LogP contribution is 2.26. The minimum Gasteiger partial charge on any atom is -0.272 e. The largest absolute Gasteiger partial charge is 0.272 e. The Morgan fingerprint density at radius 3 is 2.35 bits per heavy atom. The van der Waals surface area contributed by atoms with Crippen molar-refractivity contribution in [1.82, 2.24) is 19.2 Å². The van der Waals surface area contributed by atoms with Crippen molar-refractivity contribution >= 4 is 28.4 Å². The zero-order chi connectivity index (χ0) is 21.2. The minimum atomic E-state index is -0.0801. The van der Waals surface area contributed by atoms with Crippen LogP contribution in [-0.4, -0.2) is 19.2 Å². The lowest BCUT2D eigenvalue weighted by Gasteiger charge is -2.09. The van der Waals surface area contributed by atoms with E-state index in [1.165, 1.54) is 16.7 Å². The maximum Gasteiger partial charge on any atom is 0.263 e. The molecule has 31 heavy (non-hydrogen) atoms. The van der Waals surface area contributed by atoms with E-state index in [0.717, 1.165) is 16.4 Å². The summed E-state index contributed by atoms with van der Waals surface area (Å²) in [5.74, 6) is 1.29. The molecule has 0 atom stereocenters. The highest BCUT2D eigenvalue weighted by atomic mass is 32.2. The molecule has 0 N–H and O–H groups in total. The number of aromatic nitrogens is 4. The number of hydrogen-bond acceptors (Lipinski definition) is 4. The van der Waals surface area contributed by atoms with Crippen LogP contribution >= 0.6 is 11.8 Å². The van der Waals surface area contributed by atoms with Crippen LogP contribution in [0.25, 0.3) is 27.8 Å². The lowest BCUT2D eigenvalue weighted by Crippen LogP contribution is -2.22. The first kappa shape index (κ1) is 19.3. The summed E-state index contributed by atoms with van der Waals surface area (Å²) in [6.07, 6.45) is 1.70. The SMILES string of the molecule is C=CCn1c(=O)c2ccccc2n2c(SCc3ccc(-c4ccccc4)cc3)nnc12. The van der Waals surface area contributed by atoms with Crippen molar-refractivity contribution in [3.05, 3.63) is 107 Å². The van der Waals surface area contributed by atoms with Gasteiger partial charge >= 0.3 is 0 Å². The van der Waals surface area contributed by atoms with Crippen molar-refractivity contribution in [2.45, 2.75) is 17.5 Å². The monoisotopic (exact) mass is 424 g/mol. The summed E-state index contributed by atoms with van der Waals surface area (Å²) in [6, 6.07) is 26.5. The third-order valence-corrected chi connectivity index (χ3v) is 6.22. The minimum absolute atomic E-state index is 0.0801. The standard InChI is InChI=1S/C25H20N4OS/c1-2-16-28-23(30)21-10-6-7-11-22(21)29-24(28)26-27-25(29)31-17-18-12-14-20(15-13-18)19-8-4-3-5-9-19/h2-15H,1,16-17H2. The van der Waals surface area contributed by atoms with Gasteiger partial charge < -0.3 is 0 Å². The molecule has 0 unspecified atom stereocenters. The second kappa shape index (κ2) is 8.24. The fraction of sp³-hybridized carbons (Fsp3) is 0.0800. The van der Waals surface area contributed by atoms with Crippen LogP contribution in [0.1, 0.15) is 5.56 Å². The van der Waals surface area contributed by atoms with E-state index < -0.39 is 0 Å². The number of para-hydroxylation sites is 1. The number of rotatable bonds is 6. The van der Waals surface area contributed by atoms with Gasteiger partial charge in [-0.3, -0.25) is 13.8 Å². The molecule has 0 saturated heterocycles. The van der Waals surface area contributed by atoms with Crippen LogP contribution in [0, 0.1) is 0 Å². The third-order valence-electron chi connectivity index (χ3n) is 5.22. The predicted octanol–water partition coefficient (Wildman–Crippen LogP) is 5.19. The van der Waals surface area contributed by atoms with E-state index in [1.807, 2.05) is 46.9 Å². The fourth-order valence-electron chi connectivity index (χ4n) is 3.69. The first-order chi connectivity index (χ1) is 15.3. The number of benzene rings is 3. The molecule has 5 rings (SSSR count). The number of thioether (sulfide) groups is 1. The van der Waals surface area contributed by atoms with Gasteiger partial charge in [0.15, 0.2) is 5.16 Å². The molecule has 2 aromatic heterocycles. The molecule has 0 saturated carbocycles. The quantitative estimate of drug-likeness (QED) is 0.278. The van der Waals surface area contributed by atoms with Gasteiger partial charge in [0.2, 0.25) is 5.78 Å². The summed E-state index contributed by atoms with van der Waals surface area (Å²) < 4.78 is 3.57. The molecule has 0 aliphatic carbocycles. The Balaban J connectivity index is 1.49. The maximum atomic E-state index is 12.9. The molecule has 0 aliphatic heterocycles. The van der Waals surface area contributed by atoms with Gasteiger partial charge in [-0.2, -0.15) is 0 Å². The summed E-state index contributed by atoms with van der Waals surface area (Å²) in [5, 5.41) is 10.1. The molecule has 152 valence electrons. The normalized spacial score (nSPS) is 11.2. The predicted molar refractivity (Wildman–Crippen MR) is 126 cm³/mol. The van der Waals surface area contributed by atoms with Gasteiger partial charge in [-0.05, 0) is 28.8 Å². The van der Waals surface area contributed by atoms with Crippen molar-refractivity contribution in [3.8, 4) is 11.1 Å². The van der Waals surface area contributed by atoms with Crippen molar-refractivity contribution in [3.63, 3.8) is 0 Å². The van der Waals surface area contributed by atoms with Crippen LogP contribution in [0.3, 0.4) is 0 Å². The van der Waals surface area contributed by atoms with Crippen molar-refractivity contribution < 1.29 is 0 Å². The molecule has 0 amide bonds. The molecule has 6 heteroatoms. The highest BCUT2D eigenvalue weighted by Gasteiger charge is 2.16. The maximum absolute atomic E-state index is 12.9. The Morgan fingerprint density at radius 1 is 0.871 bits per heavy atom. The summed E-state index contributed by atoms with van der Waals surface area (Å²) in [5.41, 5.74) is 4.34. The molecule has 0 aliphatic rings. The van der Waals surface area contributed by atoms with E-state index in [9.17, 15) is 4.79 Å². The second-order valence-corrected chi connectivity index (χ2v) is 8.13. The summed E-state index contributed by atoms with van der Waals surface area (Å²) in [4.78, 5) is 12.9. The van der Waals surface area contributed by atoms with E-state index in [0.29, 0.717) is 17.7 Å². The van der Waals surface area contributed by atoms with Gasteiger partial charge in [-0.25, -0.2) is 0 Å². The van der Waals surface area contributed by atoms with Crippen molar-refractivity contribution in [2.75, 3.05) is 0 Å². The average molecular weight is 425 g/mol. The van der Waals surface area contributed by atoms with E-state index in [2.05, 4.69) is 53.2 Å². The third kappa shape index (κ3) is 3.55. The number of nitrogens with zero attached hydrogens (tertiary/aromatic N) is 4. The Labute approximate surface area is 183 Å². The zero-order valence-electron chi connectivity index (χ0n) is 16.8. The van der Waals surface area contributed by atoms with Gasteiger partial charge in [0.1, 0.15) is 0 Å². The second-order valence-electron chi connectivity index (χ2n) is 7.19. The molecule has 5 nitrogen and oxygen atoms in total. The molecular formula is C25H20N4OS. The lowest BCUT2D eigenvalue weighted by molar-refractivity contribution is 0.783. The molecule has 3 aromatic carbocycles. The van der Waals surface area contributed by atoms with Gasteiger partial charge in [0, 0.05) is 12.3 Å². The van der Waals surface area contributed by atoms with Crippen LogP contribution in [0.15, 0.2) is 101 Å².